The molecule has 0 radical (unpaired) electrons. The Kier molecular flexibility index (Phi) is 6.65. The van der Waals surface area contributed by atoms with E-state index in [9.17, 15) is 9.18 Å². The minimum atomic E-state index is -0.451. The number of rotatable bonds is 7. The maximum Gasteiger partial charge on any atom is 0.273 e. The number of aromatic nitrogens is 1. The average molecular weight is 419 g/mol. The molecule has 28 heavy (non-hydrogen) atoms. The number of benzene rings is 2. The van der Waals surface area contributed by atoms with E-state index in [-0.39, 0.29) is 12.5 Å². The largest absolute Gasteiger partial charge is 0.489 e. The van der Waals surface area contributed by atoms with Gasteiger partial charge >= 0.3 is 0 Å². The van der Waals surface area contributed by atoms with Crippen molar-refractivity contribution < 1.29 is 13.9 Å². The lowest BCUT2D eigenvalue weighted by atomic mass is 10.2. The standard InChI is InChI=1S/C21H20ClFN2O2S/c1-3-25(4-2)21(26)19-13-28-20(24-19)16-10-9-15(11-18(16)23)27-12-14-7-5-6-8-17(14)22/h5-11,13H,3-4,12H2,1-2H3. The fourth-order valence-electron chi connectivity index (χ4n) is 2.70. The number of hydrogen-bond donors (Lipinski definition) is 0. The zero-order valence-electron chi connectivity index (χ0n) is 15.6. The molecule has 1 aromatic heterocycles. The van der Waals surface area contributed by atoms with Crippen molar-refractivity contribution in [3.8, 4) is 16.3 Å². The van der Waals surface area contributed by atoms with E-state index < -0.39 is 5.82 Å². The lowest BCUT2D eigenvalue weighted by molar-refractivity contribution is 0.0768. The molecule has 0 saturated carbocycles. The fraction of sp³-hybridized carbons (Fsp3) is 0.238. The number of ether oxygens (including phenoxy) is 1. The molecule has 1 amide bonds. The van der Waals surface area contributed by atoms with Crippen LogP contribution in [0.1, 0.15) is 29.9 Å². The Morgan fingerprint density at radius 2 is 1.96 bits per heavy atom. The lowest BCUT2D eigenvalue weighted by Gasteiger charge is -2.16. The van der Waals surface area contributed by atoms with Crippen LogP contribution in [0.5, 0.6) is 5.75 Å². The Balaban J connectivity index is 1.74. The zero-order chi connectivity index (χ0) is 20.1. The van der Waals surface area contributed by atoms with Gasteiger partial charge in [-0.25, -0.2) is 9.37 Å². The molecule has 7 heteroatoms. The van der Waals surface area contributed by atoms with E-state index in [4.69, 9.17) is 16.3 Å². The third-order valence-electron chi connectivity index (χ3n) is 4.30. The van der Waals surface area contributed by atoms with Crippen LogP contribution in [0.3, 0.4) is 0 Å². The van der Waals surface area contributed by atoms with Crippen molar-refractivity contribution in [3.05, 3.63) is 69.9 Å². The average Bonchev–Trinajstić information content (AvgIpc) is 3.18. The van der Waals surface area contributed by atoms with Gasteiger partial charge < -0.3 is 9.64 Å². The second-order valence-electron chi connectivity index (χ2n) is 6.04. The van der Waals surface area contributed by atoms with Crippen molar-refractivity contribution in [1.29, 1.82) is 0 Å². The molecule has 0 aliphatic heterocycles. The quantitative estimate of drug-likeness (QED) is 0.497. The van der Waals surface area contributed by atoms with E-state index in [1.807, 2.05) is 32.0 Å². The monoisotopic (exact) mass is 418 g/mol. The second kappa shape index (κ2) is 9.17. The van der Waals surface area contributed by atoms with Crippen LogP contribution < -0.4 is 4.74 Å². The predicted molar refractivity (Wildman–Crippen MR) is 111 cm³/mol. The molecule has 0 fully saturated rings. The summed E-state index contributed by atoms with van der Waals surface area (Å²) in [6.45, 7) is 5.28. The van der Waals surface area contributed by atoms with Crippen molar-refractivity contribution in [2.75, 3.05) is 13.1 Å². The van der Waals surface area contributed by atoms with Crippen molar-refractivity contribution in [2.45, 2.75) is 20.5 Å². The molecule has 0 saturated heterocycles. The van der Waals surface area contributed by atoms with Crippen LogP contribution in [0, 0.1) is 5.82 Å². The summed E-state index contributed by atoms with van der Waals surface area (Å²) < 4.78 is 20.3. The van der Waals surface area contributed by atoms with Crippen molar-refractivity contribution >= 4 is 28.8 Å². The first kappa shape index (κ1) is 20.3. The van der Waals surface area contributed by atoms with Gasteiger partial charge in [-0.1, -0.05) is 29.8 Å². The first-order valence-electron chi connectivity index (χ1n) is 8.94. The summed E-state index contributed by atoms with van der Waals surface area (Å²) >= 11 is 7.35. The molecule has 0 atom stereocenters. The molecule has 146 valence electrons. The molecule has 0 aliphatic rings. The molecular weight excluding hydrogens is 399 g/mol. The number of halogens is 2. The number of amides is 1. The fourth-order valence-corrected chi connectivity index (χ4v) is 3.71. The lowest BCUT2D eigenvalue weighted by Crippen LogP contribution is -2.30. The van der Waals surface area contributed by atoms with Crippen LogP contribution in [0.4, 0.5) is 4.39 Å². The predicted octanol–water partition coefficient (Wildman–Crippen LogP) is 5.66. The Labute approximate surface area is 172 Å². The summed E-state index contributed by atoms with van der Waals surface area (Å²) in [6.07, 6.45) is 0. The van der Waals surface area contributed by atoms with Gasteiger partial charge in [0.1, 0.15) is 28.9 Å². The summed E-state index contributed by atoms with van der Waals surface area (Å²) in [4.78, 5) is 18.4. The second-order valence-corrected chi connectivity index (χ2v) is 7.30. The molecule has 0 unspecified atom stereocenters. The first-order valence-corrected chi connectivity index (χ1v) is 10.2. The van der Waals surface area contributed by atoms with Crippen molar-refractivity contribution in [1.82, 2.24) is 9.88 Å². The number of hydrogen-bond acceptors (Lipinski definition) is 4. The van der Waals surface area contributed by atoms with E-state index in [1.165, 1.54) is 17.4 Å². The molecule has 4 nitrogen and oxygen atoms in total. The molecule has 3 rings (SSSR count). The number of carbonyl (C=O) groups is 1. The number of thiazole rings is 1. The maximum atomic E-state index is 14.6. The van der Waals surface area contributed by atoms with Gasteiger partial charge in [-0.05, 0) is 32.0 Å². The first-order chi connectivity index (χ1) is 13.5. The third kappa shape index (κ3) is 4.51. The van der Waals surface area contributed by atoms with Crippen LogP contribution in [0.25, 0.3) is 10.6 Å². The third-order valence-corrected chi connectivity index (χ3v) is 5.54. The van der Waals surface area contributed by atoms with E-state index in [1.54, 1.807) is 28.5 Å². The van der Waals surface area contributed by atoms with Crippen molar-refractivity contribution in [2.24, 2.45) is 0 Å². The highest BCUT2D eigenvalue weighted by atomic mass is 35.5. The van der Waals surface area contributed by atoms with Crippen LogP contribution in [0.2, 0.25) is 5.02 Å². The molecule has 0 spiro atoms. The Morgan fingerprint density at radius 1 is 1.21 bits per heavy atom. The summed E-state index contributed by atoms with van der Waals surface area (Å²) in [7, 11) is 0. The molecule has 0 aliphatic carbocycles. The Morgan fingerprint density at radius 3 is 2.64 bits per heavy atom. The Hall–Kier alpha value is -2.44. The normalized spacial score (nSPS) is 10.7. The highest BCUT2D eigenvalue weighted by Crippen LogP contribution is 2.30. The van der Waals surface area contributed by atoms with Gasteiger partial charge in [0.25, 0.3) is 5.91 Å². The van der Waals surface area contributed by atoms with Gasteiger partial charge in [-0.3, -0.25) is 4.79 Å². The van der Waals surface area contributed by atoms with Gasteiger partial charge in [-0.15, -0.1) is 11.3 Å². The molecule has 3 aromatic rings. The van der Waals surface area contributed by atoms with Gasteiger partial charge in [0.2, 0.25) is 0 Å². The highest BCUT2D eigenvalue weighted by molar-refractivity contribution is 7.13. The van der Waals surface area contributed by atoms with E-state index in [0.29, 0.717) is 40.1 Å². The molecule has 1 heterocycles. The van der Waals surface area contributed by atoms with Crippen LogP contribution >= 0.6 is 22.9 Å². The Bertz CT molecular complexity index is 973. The van der Waals surface area contributed by atoms with Crippen molar-refractivity contribution in [3.63, 3.8) is 0 Å². The summed E-state index contributed by atoms with van der Waals surface area (Å²) in [5.41, 5.74) is 1.50. The molecule has 2 aromatic carbocycles. The minimum Gasteiger partial charge on any atom is -0.489 e. The SMILES string of the molecule is CCN(CC)C(=O)c1csc(-c2ccc(OCc3ccccc3Cl)cc2F)n1. The molecule has 0 bridgehead atoms. The summed E-state index contributed by atoms with van der Waals surface area (Å²) in [5.74, 6) is -0.197. The summed E-state index contributed by atoms with van der Waals surface area (Å²) in [5, 5.41) is 2.73. The molecular formula is C21H20ClFN2O2S. The minimum absolute atomic E-state index is 0.146. The van der Waals surface area contributed by atoms with Crippen LogP contribution in [-0.2, 0) is 6.61 Å². The van der Waals surface area contributed by atoms with Gasteiger partial charge in [0.05, 0.1) is 0 Å². The number of carbonyl (C=O) groups excluding carboxylic acids is 1. The smallest absolute Gasteiger partial charge is 0.273 e. The van der Waals surface area contributed by atoms with Gasteiger partial charge in [-0.2, -0.15) is 0 Å². The van der Waals surface area contributed by atoms with Crippen LogP contribution in [-0.4, -0.2) is 28.9 Å². The number of nitrogens with zero attached hydrogens (tertiary/aromatic N) is 2. The van der Waals surface area contributed by atoms with E-state index in [0.717, 1.165) is 5.56 Å². The highest BCUT2D eigenvalue weighted by Gasteiger charge is 2.18. The topological polar surface area (TPSA) is 42.4 Å². The van der Waals surface area contributed by atoms with Crippen LogP contribution in [0.15, 0.2) is 47.8 Å². The maximum absolute atomic E-state index is 14.6. The summed E-state index contributed by atoms with van der Waals surface area (Å²) in [6, 6.07) is 12.0. The van der Waals surface area contributed by atoms with E-state index in [2.05, 4.69) is 4.98 Å². The zero-order valence-corrected chi connectivity index (χ0v) is 17.2. The van der Waals surface area contributed by atoms with E-state index >= 15 is 0 Å². The van der Waals surface area contributed by atoms with Gasteiger partial charge in [0, 0.05) is 40.7 Å². The molecule has 0 N–H and O–H groups in total. The van der Waals surface area contributed by atoms with Gasteiger partial charge in [0.15, 0.2) is 0 Å².